The summed E-state index contributed by atoms with van der Waals surface area (Å²) in [6.07, 6.45) is 0.578. The molecule has 0 atom stereocenters. The van der Waals surface area contributed by atoms with Gasteiger partial charge in [-0.1, -0.05) is 13.8 Å². The van der Waals surface area contributed by atoms with E-state index in [1.54, 1.807) is 0 Å². The van der Waals surface area contributed by atoms with E-state index in [1.807, 2.05) is 13.8 Å². The van der Waals surface area contributed by atoms with Gasteiger partial charge in [-0.25, -0.2) is 12.8 Å². The van der Waals surface area contributed by atoms with E-state index in [0.29, 0.717) is 23.6 Å². The molecule has 102 valence electrons. The number of hydrogen-bond acceptors (Lipinski definition) is 3. The minimum atomic E-state index is -3.40. The van der Waals surface area contributed by atoms with E-state index in [0.717, 1.165) is 0 Å². The van der Waals surface area contributed by atoms with E-state index in [9.17, 15) is 12.8 Å². The number of halogens is 1. The summed E-state index contributed by atoms with van der Waals surface area (Å²) in [5, 5.41) is 0. The van der Waals surface area contributed by atoms with E-state index in [4.69, 9.17) is 5.73 Å². The first kappa shape index (κ1) is 14.9. The van der Waals surface area contributed by atoms with Crippen molar-refractivity contribution in [2.75, 3.05) is 10.5 Å². The first-order valence-electron chi connectivity index (χ1n) is 5.83. The highest BCUT2D eigenvalue weighted by Gasteiger charge is 2.13. The minimum Gasteiger partial charge on any atom is -0.326 e. The van der Waals surface area contributed by atoms with Crippen molar-refractivity contribution in [1.82, 2.24) is 0 Å². The molecule has 6 heteroatoms. The number of rotatable bonds is 6. The summed E-state index contributed by atoms with van der Waals surface area (Å²) in [6.45, 7) is 4.00. The van der Waals surface area contributed by atoms with Gasteiger partial charge in [-0.15, -0.1) is 0 Å². The van der Waals surface area contributed by atoms with Gasteiger partial charge in [0.1, 0.15) is 5.82 Å². The molecule has 1 aromatic carbocycles. The summed E-state index contributed by atoms with van der Waals surface area (Å²) in [6, 6.07) is 3.84. The SMILES string of the molecule is CC(C)CCS(=O)(=O)Nc1ccc(F)cc1CN. The summed E-state index contributed by atoms with van der Waals surface area (Å²) < 4.78 is 39.1. The highest BCUT2D eigenvalue weighted by atomic mass is 32.2. The van der Waals surface area contributed by atoms with Gasteiger partial charge in [0, 0.05) is 6.54 Å². The van der Waals surface area contributed by atoms with Crippen LogP contribution in [0.2, 0.25) is 0 Å². The zero-order valence-corrected chi connectivity index (χ0v) is 11.4. The van der Waals surface area contributed by atoms with Gasteiger partial charge in [-0.2, -0.15) is 0 Å². The Kier molecular flexibility index (Phi) is 5.10. The van der Waals surface area contributed by atoms with Crippen molar-refractivity contribution in [3.8, 4) is 0 Å². The number of sulfonamides is 1. The smallest absolute Gasteiger partial charge is 0.232 e. The quantitative estimate of drug-likeness (QED) is 0.834. The van der Waals surface area contributed by atoms with E-state index in [2.05, 4.69) is 4.72 Å². The molecule has 1 aromatic rings. The topological polar surface area (TPSA) is 72.2 Å². The van der Waals surface area contributed by atoms with Crippen LogP contribution in [0.5, 0.6) is 0 Å². The summed E-state index contributed by atoms with van der Waals surface area (Å²) >= 11 is 0. The van der Waals surface area contributed by atoms with Gasteiger partial charge in [-0.05, 0) is 36.1 Å². The molecule has 0 aromatic heterocycles. The van der Waals surface area contributed by atoms with Gasteiger partial charge in [0.05, 0.1) is 11.4 Å². The molecule has 3 N–H and O–H groups in total. The van der Waals surface area contributed by atoms with Crippen molar-refractivity contribution in [2.24, 2.45) is 11.7 Å². The molecule has 0 fully saturated rings. The zero-order valence-electron chi connectivity index (χ0n) is 10.6. The predicted octanol–water partition coefficient (Wildman–Crippen LogP) is 2.07. The number of nitrogens with one attached hydrogen (secondary N) is 1. The summed E-state index contributed by atoms with van der Waals surface area (Å²) in [5.74, 6) is -0.0733. The van der Waals surface area contributed by atoms with Crippen LogP contribution in [-0.2, 0) is 16.6 Å². The second kappa shape index (κ2) is 6.15. The first-order valence-corrected chi connectivity index (χ1v) is 7.48. The Morgan fingerprint density at radius 3 is 2.61 bits per heavy atom. The van der Waals surface area contributed by atoms with Crippen LogP contribution in [0.3, 0.4) is 0 Å². The van der Waals surface area contributed by atoms with Gasteiger partial charge in [0.25, 0.3) is 0 Å². The molecule has 18 heavy (non-hydrogen) atoms. The molecule has 0 unspecified atom stereocenters. The average Bonchev–Trinajstić information content (AvgIpc) is 2.29. The monoisotopic (exact) mass is 274 g/mol. The largest absolute Gasteiger partial charge is 0.326 e. The first-order chi connectivity index (χ1) is 8.34. The van der Waals surface area contributed by atoms with Crippen LogP contribution in [0.15, 0.2) is 18.2 Å². The van der Waals surface area contributed by atoms with Crippen LogP contribution < -0.4 is 10.5 Å². The average molecular weight is 274 g/mol. The van der Waals surface area contributed by atoms with Crippen molar-refractivity contribution in [1.29, 1.82) is 0 Å². The molecular weight excluding hydrogens is 255 g/mol. The van der Waals surface area contributed by atoms with Crippen LogP contribution in [0.4, 0.5) is 10.1 Å². The lowest BCUT2D eigenvalue weighted by Crippen LogP contribution is -2.19. The second-order valence-electron chi connectivity index (χ2n) is 4.61. The lowest BCUT2D eigenvalue weighted by Gasteiger charge is -2.12. The van der Waals surface area contributed by atoms with Gasteiger partial charge in [0.15, 0.2) is 0 Å². The normalized spacial score (nSPS) is 11.8. The molecule has 0 saturated carbocycles. The van der Waals surface area contributed by atoms with Crippen LogP contribution in [0.1, 0.15) is 25.8 Å². The fraction of sp³-hybridized carbons (Fsp3) is 0.500. The molecule has 0 heterocycles. The van der Waals surface area contributed by atoms with E-state index < -0.39 is 15.8 Å². The number of nitrogens with two attached hydrogens (primary N) is 1. The molecule has 0 saturated heterocycles. The Morgan fingerprint density at radius 1 is 1.39 bits per heavy atom. The Bertz CT molecular complexity index is 501. The summed E-state index contributed by atoms with van der Waals surface area (Å²) in [5.41, 5.74) is 6.26. The predicted molar refractivity (Wildman–Crippen MR) is 71.2 cm³/mol. The Balaban J connectivity index is 2.83. The minimum absolute atomic E-state index is 0.0477. The highest BCUT2D eigenvalue weighted by Crippen LogP contribution is 2.18. The van der Waals surface area contributed by atoms with Crippen molar-refractivity contribution in [2.45, 2.75) is 26.8 Å². The van der Waals surface area contributed by atoms with Crippen LogP contribution in [0, 0.1) is 11.7 Å². The molecule has 0 spiro atoms. The maximum absolute atomic E-state index is 13.0. The zero-order chi connectivity index (χ0) is 13.8. The van der Waals surface area contributed by atoms with Gasteiger partial charge in [0.2, 0.25) is 10.0 Å². The van der Waals surface area contributed by atoms with Crippen molar-refractivity contribution < 1.29 is 12.8 Å². The second-order valence-corrected chi connectivity index (χ2v) is 6.45. The third-order valence-electron chi connectivity index (χ3n) is 2.52. The lowest BCUT2D eigenvalue weighted by molar-refractivity contribution is 0.577. The van der Waals surface area contributed by atoms with Crippen molar-refractivity contribution in [3.63, 3.8) is 0 Å². The van der Waals surface area contributed by atoms with Crippen molar-refractivity contribution in [3.05, 3.63) is 29.6 Å². The Morgan fingerprint density at radius 2 is 2.06 bits per heavy atom. The summed E-state index contributed by atoms with van der Waals surface area (Å²) in [7, 11) is -3.40. The Labute approximate surface area is 107 Å². The number of benzene rings is 1. The maximum atomic E-state index is 13.0. The molecule has 0 aliphatic heterocycles. The molecule has 0 bridgehead atoms. The summed E-state index contributed by atoms with van der Waals surface area (Å²) in [4.78, 5) is 0. The van der Waals surface area contributed by atoms with Gasteiger partial charge in [-0.3, -0.25) is 4.72 Å². The maximum Gasteiger partial charge on any atom is 0.232 e. The molecule has 0 amide bonds. The molecule has 4 nitrogen and oxygen atoms in total. The standard InChI is InChI=1S/C12H19FN2O2S/c1-9(2)5-6-18(16,17)15-12-4-3-11(13)7-10(12)8-14/h3-4,7,9,15H,5-6,8,14H2,1-2H3. The fourth-order valence-electron chi connectivity index (χ4n) is 1.44. The van der Waals surface area contributed by atoms with E-state index in [1.165, 1.54) is 18.2 Å². The van der Waals surface area contributed by atoms with E-state index >= 15 is 0 Å². The van der Waals surface area contributed by atoms with Gasteiger partial charge < -0.3 is 5.73 Å². The molecule has 0 radical (unpaired) electrons. The number of anilines is 1. The van der Waals surface area contributed by atoms with E-state index in [-0.39, 0.29) is 12.3 Å². The van der Waals surface area contributed by atoms with Crippen LogP contribution in [0.25, 0.3) is 0 Å². The van der Waals surface area contributed by atoms with Gasteiger partial charge >= 0.3 is 0 Å². The molecule has 0 aliphatic carbocycles. The highest BCUT2D eigenvalue weighted by molar-refractivity contribution is 7.92. The number of hydrogen-bond donors (Lipinski definition) is 2. The lowest BCUT2D eigenvalue weighted by atomic mass is 10.2. The molecule has 0 aliphatic rings. The molecule has 1 rings (SSSR count). The molecular formula is C12H19FN2O2S. The van der Waals surface area contributed by atoms with Crippen molar-refractivity contribution >= 4 is 15.7 Å². The van der Waals surface area contributed by atoms with Crippen LogP contribution in [-0.4, -0.2) is 14.2 Å². The third kappa shape index (κ3) is 4.62. The Hall–Kier alpha value is -1.14. The van der Waals surface area contributed by atoms with Crippen LogP contribution >= 0.6 is 0 Å². The third-order valence-corrected chi connectivity index (χ3v) is 3.82. The fourth-order valence-corrected chi connectivity index (χ4v) is 2.86.